The van der Waals surface area contributed by atoms with Crippen molar-refractivity contribution < 1.29 is 4.79 Å². The zero-order chi connectivity index (χ0) is 13.1. The van der Waals surface area contributed by atoms with E-state index in [4.69, 9.17) is 12.2 Å². The summed E-state index contributed by atoms with van der Waals surface area (Å²) in [5, 5.41) is 3.47. The highest BCUT2D eigenvalue weighted by molar-refractivity contribution is 7.80. The van der Waals surface area contributed by atoms with E-state index in [-0.39, 0.29) is 5.91 Å². The van der Waals surface area contributed by atoms with Crippen LogP contribution in [-0.2, 0) is 4.79 Å². The van der Waals surface area contributed by atoms with E-state index in [1.54, 1.807) is 4.90 Å². The van der Waals surface area contributed by atoms with Gasteiger partial charge in [0, 0.05) is 6.54 Å². The van der Waals surface area contributed by atoms with Gasteiger partial charge < -0.3 is 5.32 Å². The molecule has 1 heterocycles. The molecule has 1 aliphatic heterocycles. The van der Waals surface area contributed by atoms with E-state index in [0.29, 0.717) is 23.3 Å². The van der Waals surface area contributed by atoms with Crippen molar-refractivity contribution >= 4 is 29.3 Å². The molecule has 0 aliphatic carbocycles. The van der Waals surface area contributed by atoms with Crippen LogP contribution in [0.15, 0.2) is 36.0 Å². The molecule has 1 amide bonds. The Bertz CT molecular complexity index is 494. The second-order valence-corrected chi connectivity index (χ2v) is 5.10. The number of amides is 1. The van der Waals surface area contributed by atoms with Crippen molar-refractivity contribution in [3.63, 3.8) is 0 Å². The lowest BCUT2D eigenvalue weighted by molar-refractivity contribution is -0.122. The minimum atomic E-state index is -0.0439. The summed E-state index contributed by atoms with van der Waals surface area (Å²) in [4.78, 5) is 13.8. The first kappa shape index (κ1) is 12.8. The van der Waals surface area contributed by atoms with Crippen molar-refractivity contribution in [1.82, 2.24) is 10.2 Å². The Labute approximate surface area is 112 Å². The van der Waals surface area contributed by atoms with E-state index in [1.165, 1.54) is 0 Å². The fourth-order valence-electron chi connectivity index (χ4n) is 1.82. The first-order valence-corrected chi connectivity index (χ1v) is 6.38. The predicted molar refractivity (Wildman–Crippen MR) is 76.7 cm³/mol. The Balaban J connectivity index is 2.20. The zero-order valence-electron chi connectivity index (χ0n) is 10.5. The lowest BCUT2D eigenvalue weighted by Crippen LogP contribution is -2.33. The molecule has 1 N–H and O–H groups in total. The minimum absolute atomic E-state index is 0.0439. The number of carbonyl (C=O) groups excluding carboxylic acids is 1. The maximum absolute atomic E-state index is 12.2. The predicted octanol–water partition coefficient (Wildman–Crippen LogP) is 2.40. The van der Waals surface area contributed by atoms with Crippen LogP contribution in [0.5, 0.6) is 0 Å². The maximum atomic E-state index is 12.2. The summed E-state index contributed by atoms with van der Waals surface area (Å²) in [5.41, 5.74) is 1.54. The Hall–Kier alpha value is -1.68. The first-order valence-electron chi connectivity index (χ1n) is 5.97. The number of hydrogen-bond acceptors (Lipinski definition) is 2. The van der Waals surface area contributed by atoms with Crippen molar-refractivity contribution in [3.8, 4) is 0 Å². The van der Waals surface area contributed by atoms with Crippen LogP contribution in [0.3, 0.4) is 0 Å². The van der Waals surface area contributed by atoms with Crippen molar-refractivity contribution in [1.29, 1.82) is 0 Å². The van der Waals surface area contributed by atoms with E-state index >= 15 is 0 Å². The summed E-state index contributed by atoms with van der Waals surface area (Å²) in [7, 11) is 0. The van der Waals surface area contributed by atoms with Gasteiger partial charge in [-0.05, 0) is 29.8 Å². The zero-order valence-corrected chi connectivity index (χ0v) is 11.3. The molecule has 1 aliphatic rings. The summed E-state index contributed by atoms with van der Waals surface area (Å²) < 4.78 is 0. The third kappa shape index (κ3) is 2.76. The molecule has 0 saturated carbocycles. The molecule has 0 aromatic heterocycles. The molecule has 1 aromatic rings. The van der Waals surface area contributed by atoms with Crippen molar-refractivity contribution in [3.05, 3.63) is 41.6 Å². The van der Waals surface area contributed by atoms with Crippen LogP contribution in [0, 0.1) is 5.92 Å². The van der Waals surface area contributed by atoms with Gasteiger partial charge in [0.2, 0.25) is 0 Å². The minimum Gasteiger partial charge on any atom is -0.328 e. The smallest absolute Gasteiger partial charge is 0.276 e. The van der Waals surface area contributed by atoms with Crippen molar-refractivity contribution in [2.45, 2.75) is 13.8 Å². The van der Waals surface area contributed by atoms with Crippen LogP contribution in [0.2, 0.25) is 0 Å². The fraction of sp³-hybridized carbons (Fsp3) is 0.286. The Morgan fingerprint density at radius 3 is 2.61 bits per heavy atom. The molecule has 1 aromatic carbocycles. The molecular weight excluding hydrogens is 244 g/mol. The molecule has 4 heteroatoms. The van der Waals surface area contributed by atoms with Gasteiger partial charge in [-0.25, -0.2) is 0 Å². The molecule has 0 bridgehead atoms. The van der Waals surface area contributed by atoms with Gasteiger partial charge in [-0.1, -0.05) is 44.2 Å². The molecule has 1 saturated heterocycles. The van der Waals surface area contributed by atoms with Crippen LogP contribution in [-0.4, -0.2) is 22.5 Å². The molecule has 94 valence electrons. The van der Waals surface area contributed by atoms with E-state index in [9.17, 15) is 4.79 Å². The van der Waals surface area contributed by atoms with Crippen LogP contribution in [0.1, 0.15) is 19.4 Å². The van der Waals surface area contributed by atoms with Gasteiger partial charge in [0.05, 0.1) is 0 Å². The number of benzene rings is 1. The standard InChI is InChI=1S/C14H16N2OS/c1-10(2)9-16-13(17)12(15-14(16)18)8-11-6-4-3-5-7-11/h3-8,10H,9H2,1-2H3,(H,15,18)/b12-8-. The summed E-state index contributed by atoms with van der Waals surface area (Å²) in [6, 6.07) is 9.74. The average Bonchev–Trinajstić information content (AvgIpc) is 2.58. The molecule has 0 unspecified atom stereocenters. The van der Waals surface area contributed by atoms with Gasteiger partial charge in [0.1, 0.15) is 5.70 Å². The fourth-order valence-corrected chi connectivity index (χ4v) is 2.09. The number of hydrogen-bond donors (Lipinski definition) is 1. The highest BCUT2D eigenvalue weighted by Crippen LogP contribution is 2.15. The molecule has 0 radical (unpaired) electrons. The highest BCUT2D eigenvalue weighted by atomic mass is 32.1. The third-order valence-electron chi connectivity index (χ3n) is 2.62. The average molecular weight is 260 g/mol. The van der Waals surface area contributed by atoms with Gasteiger partial charge in [-0.3, -0.25) is 9.69 Å². The number of nitrogens with zero attached hydrogens (tertiary/aromatic N) is 1. The molecule has 2 rings (SSSR count). The summed E-state index contributed by atoms with van der Waals surface area (Å²) in [6.45, 7) is 4.78. The van der Waals surface area contributed by atoms with Gasteiger partial charge in [0.15, 0.2) is 5.11 Å². The number of carbonyl (C=O) groups is 1. The monoisotopic (exact) mass is 260 g/mol. The number of rotatable bonds is 3. The van der Waals surface area contributed by atoms with E-state index in [1.807, 2.05) is 36.4 Å². The van der Waals surface area contributed by atoms with Crippen molar-refractivity contribution in [2.24, 2.45) is 5.92 Å². The Kier molecular flexibility index (Phi) is 3.77. The third-order valence-corrected chi connectivity index (χ3v) is 2.94. The van der Waals surface area contributed by atoms with E-state index in [2.05, 4.69) is 19.2 Å². The first-order chi connectivity index (χ1) is 8.58. The summed E-state index contributed by atoms with van der Waals surface area (Å²) in [6.07, 6.45) is 1.83. The molecule has 3 nitrogen and oxygen atoms in total. The van der Waals surface area contributed by atoms with E-state index in [0.717, 1.165) is 5.56 Å². The molecule has 0 atom stereocenters. The lowest BCUT2D eigenvalue weighted by atomic mass is 10.2. The second-order valence-electron chi connectivity index (χ2n) is 4.71. The SMILES string of the molecule is CC(C)CN1C(=O)/C(=C/c2ccccc2)NC1=S. The van der Waals surface area contributed by atoms with Crippen molar-refractivity contribution in [2.75, 3.05) is 6.54 Å². The van der Waals surface area contributed by atoms with E-state index < -0.39 is 0 Å². The normalized spacial score (nSPS) is 17.7. The topological polar surface area (TPSA) is 32.3 Å². The lowest BCUT2D eigenvalue weighted by Gasteiger charge is -2.15. The Morgan fingerprint density at radius 1 is 1.33 bits per heavy atom. The molecule has 0 spiro atoms. The quantitative estimate of drug-likeness (QED) is 0.669. The Morgan fingerprint density at radius 2 is 2.00 bits per heavy atom. The molecule has 1 fully saturated rings. The van der Waals surface area contributed by atoms with Gasteiger partial charge in [0.25, 0.3) is 5.91 Å². The largest absolute Gasteiger partial charge is 0.328 e. The second kappa shape index (κ2) is 5.31. The summed E-state index contributed by atoms with van der Waals surface area (Å²) in [5.74, 6) is 0.349. The number of thiocarbonyl (C=S) groups is 1. The molecule has 18 heavy (non-hydrogen) atoms. The highest BCUT2D eigenvalue weighted by Gasteiger charge is 2.30. The summed E-state index contributed by atoms with van der Waals surface area (Å²) >= 11 is 5.18. The van der Waals surface area contributed by atoms with Crippen LogP contribution in [0.4, 0.5) is 0 Å². The van der Waals surface area contributed by atoms with Gasteiger partial charge >= 0.3 is 0 Å². The van der Waals surface area contributed by atoms with Gasteiger partial charge in [-0.15, -0.1) is 0 Å². The van der Waals surface area contributed by atoms with Crippen LogP contribution in [0.25, 0.3) is 6.08 Å². The maximum Gasteiger partial charge on any atom is 0.276 e. The number of nitrogens with one attached hydrogen (secondary N) is 1. The van der Waals surface area contributed by atoms with Gasteiger partial charge in [-0.2, -0.15) is 0 Å². The van der Waals surface area contributed by atoms with Crippen LogP contribution < -0.4 is 5.32 Å². The molecular formula is C14H16N2OS. The van der Waals surface area contributed by atoms with Crippen LogP contribution >= 0.6 is 12.2 Å².